The van der Waals surface area contributed by atoms with E-state index in [-0.39, 0.29) is 24.0 Å². The standard InChI is InChI=1S/C30H25N5O4/c36-27-17-33(13-12-19-16-31-24-10-3-1-8-21(19)24)30(37)26-15-23-22-9-2-4-11-25(22)32-28(23)29(34(26)27)18-6-5-7-20(14-18)35(38)39/h1-11,14,16,26,29,31-32H,12-13,15,17H2/t26-,29+/m1/s1. The van der Waals surface area contributed by atoms with Gasteiger partial charge in [0.25, 0.3) is 5.69 Å². The lowest BCUT2D eigenvalue weighted by atomic mass is 9.86. The van der Waals surface area contributed by atoms with Gasteiger partial charge in [0.2, 0.25) is 11.8 Å². The van der Waals surface area contributed by atoms with Crippen LogP contribution in [0.2, 0.25) is 0 Å². The third-order valence-corrected chi connectivity index (χ3v) is 8.07. The Kier molecular flexibility index (Phi) is 5.26. The minimum absolute atomic E-state index is 0.0291. The zero-order valence-corrected chi connectivity index (χ0v) is 21.0. The summed E-state index contributed by atoms with van der Waals surface area (Å²) in [6.07, 6.45) is 2.98. The van der Waals surface area contributed by atoms with Crippen molar-refractivity contribution in [3.63, 3.8) is 0 Å². The highest BCUT2D eigenvalue weighted by Gasteiger charge is 2.48. The molecule has 0 spiro atoms. The predicted octanol–water partition coefficient (Wildman–Crippen LogP) is 4.49. The lowest BCUT2D eigenvalue weighted by Gasteiger charge is -2.47. The first-order valence-corrected chi connectivity index (χ1v) is 13.0. The third-order valence-electron chi connectivity index (χ3n) is 8.07. The summed E-state index contributed by atoms with van der Waals surface area (Å²) in [5.74, 6) is -0.264. The Morgan fingerprint density at radius 2 is 1.72 bits per heavy atom. The van der Waals surface area contributed by atoms with E-state index in [1.54, 1.807) is 21.9 Å². The Hall–Kier alpha value is -4.92. The van der Waals surface area contributed by atoms with E-state index in [0.717, 1.165) is 38.6 Å². The first-order chi connectivity index (χ1) is 19.0. The van der Waals surface area contributed by atoms with Crippen LogP contribution in [-0.2, 0) is 22.4 Å². The largest absolute Gasteiger partial charge is 0.361 e. The summed E-state index contributed by atoms with van der Waals surface area (Å²) in [4.78, 5) is 48.9. The summed E-state index contributed by atoms with van der Waals surface area (Å²) in [7, 11) is 0. The number of carbonyl (C=O) groups excluding carboxylic acids is 2. The second-order valence-electron chi connectivity index (χ2n) is 10.2. The first kappa shape index (κ1) is 23.2. The number of para-hydroxylation sites is 2. The highest BCUT2D eigenvalue weighted by Crippen LogP contribution is 2.43. The smallest absolute Gasteiger partial charge is 0.269 e. The van der Waals surface area contributed by atoms with Crippen molar-refractivity contribution in [2.24, 2.45) is 0 Å². The summed E-state index contributed by atoms with van der Waals surface area (Å²) in [6, 6.07) is 20.9. The molecule has 2 aliphatic heterocycles. The van der Waals surface area contributed by atoms with Gasteiger partial charge < -0.3 is 19.8 Å². The molecule has 3 aromatic carbocycles. The number of nitro benzene ring substituents is 1. The molecule has 0 saturated carbocycles. The van der Waals surface area contributed by atoms with Crippen molar-refractivity contribution < 1.29 is 14.5 Å². The number of nitrogens with zero attached hydrogens (tertiary/aromatic N) is 3. The van der Waals surface area contributed by atoms with Gasteiger partial charge in [0.15, 0.2) is 0 Å². The van der Waals surface area contributed by atoms with Gasteiger partial charge in [-0.2, -0.15) is 0 Å². The molecule has 194 valence electrons. The van der Waals surface area contributed by atoms with Crippen molar-refractivity contribution in [2.75, 3.05) is 13.1 Å². The number of hydrogen-bond acceptors (Lipinski definition) is 4. The summed E-state index contributed by atoms with van der Waals surface area (Å²) in [6.45, 7) is 0.400. The molecule has 1 fully saturated rings. The number of amides is 2. The molecule has 9 heteroatoms. The normalized spacial score (nSPS) is 19.0. The summed E-state index contributed by atoms with van der Waals surface area (Å²) < 4.78 is 0. The molecule has 2 atom stereocenters. The van der Waals surface area contributed by atoms with E-state index in [9.17, 15) is 19.7 Å². The number of piperazine rings is 1. The van der Waals surface area contributed by atoms with Crippen LogP contribution in [0.1, 0.15) is 28.4 Å². The molecule has 0 radical (unpaired) electrons. The van der Waals surface area contributed by atoms with Crippen LogP contribution in [0.3, 0.4) is 0 Å². The van der Waals surface area contributed by atoms with Gasteiger partial charge in [0.1, 0.15) is 6.04 Å². The molecule has 1 saturated heterocycles. The Labute approximate surface area is 223 Å². The SMILES string of the molecule is O=C1[C@H]2Cc3c([nH]c4ccccc34)[C@H](c3cccc([N+](=O)[O-])c3)N2C(=O)CN1CCc1c[nH]c2ccccc12. The maximum absolute atomic E-state index is 14.0. The quantitative estimate of drug-likeness (QED) is 0.263. The number of aromatic nitrogens is 2. The number of aromatic amines is 2. The Morgan fingerprint density at radius 3 is 2.54 bits per heavy atom. The number of rotatable bonds is 5. The zero-order valence-electron chi connectivity index (χ0n) is 21.0. The van der Waals surface area contributed by atoms with Crippen LogP contribution in [0.5, 0.6) is 0 Å². The van der Waals surface area contributed by atoms with Crippen molar-refractivity contribution >= 4 is 39.3 Å². The van der Waals surface area contributed by atoms with Crippen LogP contribution in [0.4, 0.5) is 5.69 Å². The second kappa shape index (κ2) is 8.83. The number of H-pyrrole nitrogens is 2. The highest BCUT2D eigenvalue weighted by molar-refractivity contribution is 5.97. The molecular formula is C30H25N5O4. The number of nitrogens with one attached hydrogen (secondary N) is 2. The summed E-state index contributed by atoms with van der Waals surface area (Å²) >= 11 is 0. The van der Waals surface area contributed by atoms with Crippen molar-refractivity contribution in [3.8, 4) is 0 Å². The second-order valence-corrected chi connectivity index (χ2v) is 10.2. The van der Waals surface area contributed by atoms with Gasteiger partial charge in [-0.1, -0.05) is 48.5 Å². The van der Waals surface area contributed by atoms with Crippen LogP contribution in [-0.4, -0.2) is 55.6 Å². The molecular weight excluding hydrogens is 494 g/mol. The summed E-state index contributed by atoms with van der Waals surface area (Å²) in [5, 5.41) is 13.7. The van der Waals surface area contributed by atoms with E-state index < -0.39 is 17.0 Å². The molecule has 0 aliphatic carbocycles. The van der Waals surface area contributed by atoms with Gasteiger partial charge in [-0.3, -0.25) is 19.7 Å². The van der Waals surface area contributed by atoms with E-state index in [2.05, 4.69) is 16.0 Å². The predicted molar refractivity (Wildman–Crippen MR) is 146 cm³/mol. The topological polar surface area (TPSA) is 115 Å². The molecule has 2 aliphatic rings. The molecule has 2 amide bonds. The minimum Gasteiger partial charge on any atom is -0.361 e. The molecule has 9 nitrogen and oxygen atoms in total. The van der Waals surface area contributed by atoms with Gasteiger partial charge >= 0.3 is 0 Å². The van der Waals surface area contributed by atoms with Crippen LogP contribution in [0.25, 0.3) is 21.8 Å². The first-order valence-electron chi connectivity index (χ1n) is 13.0. The van der Waals surface area contributed by atoms with Crippen LogP contribution >= 0.6 is 0 Å². The number of nitro groups is 1. The number of benzene rings is 3. The lowest BCUT2D eigenvalue weighted by Crippen LogP contribution is -2.63. The molecule has 0 bridgehead atoms. The Morgan fingerprint density at radius 1 is 0.949 bits per heavy atom. The Balaban J connectivity index is 1.27. The molecule has 7 rings (SSSR count). The maximum Gasteiger partial charge on any atom is 0.269 e. The van der Waals surface area contributed by atoms with E-state index in [4.69, 9.17) is 0 Å². The number of hydrogen-bond donors (Lipinski definition) is 2. The Bertz CT molecular complexity index is 1790. The van der Waals surface area contributed by atoms with E-state index in [1.807, 2.05) is 48.7 Å². The molecule has 5 aromatic rings. The van der Waals surface area contributed by atoms with E-state index in [1.165, 1.54) is 12.1 Å². The van der Waals surface area contributed by atoms with Crippen LogP contribution in [0, 0.1) is 10.1 Å². The lowest BCUT2D eigenvalue weighted by molar-refractivity contribution is -0.384. The molecule has 2 N–H and O–H groups in total. The fourth-order valence-corrected chi connectivity index (χ4v) is 6.26. The van der Waals surface area contributed by atoms with Gasteiger partial charge in [0.05, 0.1) is 17.5 Å². The fourth-order valence-electron chi connectivity index (χ4n) is 6.26. The van der Waals surface area contributed by atoms with Crippen molar-refractivity contribution in [2.45, 2.75) is 24.9 Å². The van der Waals surface area contributed by atoms with Crippen molar-refractivity contribution in [1.82, 2.24) is 19.8 Å². The van der Waals surface area contributed by atoms with Gasteiger partial charge in [-0.15, -0.1) is 0 Å². The minimum atomic E-state index is -0.690. The van der Waals surface area contributed by atoms with Crippen molar-refractivity contribution in [3.05, 3.63) is 111 Å². The maximum atomic E-state index is 14.0. The number of fused-ring (bicyclic) bond motifs is 5. The molecule has 39 heavy (non-hydrogen) atoms. The summed E-state index contributed by atoms with van der Waals surface area (Å²) in [5.41, 5.74) is 5.39. The number of non-ortho nitro benzene ring substituents is 1. The molecule has 0 unspecified atom stereocenters. The van der Waals surface area contributed by atoms with E-state index >= 15 is 0 Å². The molecule has 4 heterocycles. The van der Waals surface area contributed by atoms with E-state index in [0.29, 0.717) is 24.9 Å². The third kappa shape index (κ3) is 3.69. The van der Waals surface area contributed by atoms with Crippen molar-refractivity contribution in [1.29, 1.82) is 0 Å². The monoisotopic (exact) mass is 519 g/mol. The molecule has 2 aromatic heterocycles. The van der Waals surface area contributed by atoms with Gasteiger partial charge in [0, 0.05) is 58.8 Å². The average molecular weight is 520 g/mol. The fraction of sp³-hybridized carbons (Fsp3) is 0.200. The average Bonchev–Trinajstić information content (AvgIpc) is 3.54. The van der Waals surface area contributed by atoms with Gasteiger partial charge in [-0.05, 0) is 35.2 Å². The highest BCUT2D eigenvalue weighted by atomic mass is 16.6. The van der Waals surface area contributed by atoms with Crippen LogP contribution in [0.15, 0.2) is 79.0 Å². The zero-order chi connectivity index (χ0) is 26.7. The van der Waals surface area contributed by atoms with Gasteiger partial charge in [-0.25, -0.2) is 0 Å². The number of carbonyl (C=O) groups is 2. The van der Waals surface area contributed by atoms with Crippen LogP contribution < -0.4 is 0 Å².